The van der Waals surface area contributed by atoms with Crippen molar-refractivity contribution in [3.05, 3.63) is 0 Å². The topological polar surface area (TPSA) is 74.6 Å². The van der Waals surface area contributed by atoms with E-state index in [0.29, 0.717) is 23.7 Å². The van der Waals surface area contributed by atoms with E-state index in [1.807, 2.05) is 0 Å². The van der Waals surface area contributed by atoms with Gasteiger partial charge in [-0.1, -0.05) is 67.2 Å². The minimum atomic E-state index is -0.675. The van der Waals surface area contributed by atoms with Crippen LogP contribution in [0, 0.1) is 10.8 Å². The zero-order valence-corrected chi connectivity index (χ0v) is 18.2. The Hall–Kier alpha value is -0.554. The smallest absolute Gasteiger partial charge is 0.303 e. The van der Waals surface area contributed by atoms with Gasteiger partial charge in [0, 0.05) is 29.6 Å². The molecule has 1 radical (unpaired) electrons. The van der Waals surface area contributed by atoms with Crippen molar-refractivity contribution >= 4 is 11.9 Å². The summed E-state index contributed by atoms with van der Waals surface area (Å²) in [6.07, 6.45) is 9.06. The van der Waals surface area contributed by atoms with E-state index in [2.05, 4.69) is 41.5 Å². The van der Waals surface area contributed by atoms with Crippen LogP contribution in [0.1, 0.15) is 106 Å². The third kappa shape index (κ3) is 35.4. The van der Waals surface area contributed by atoms with E-state index >= 15 is 0 Å². The van der Waals surface area contributed by atoms with Crippen molar-refractivity contribution in [3.8, 4) is 0 Å². The summed E-state index contributed by atoms with van der Waals surface area (Å²) in [5, 5.41) is 16.7. The summed E-state index contributed by atoms with van der Waals surface area (Å²) >= 11 is 0. The molecule has 0 saturated carbocycles. The van der Waals surface area contributed by atoms with Crippen molar-refractivity contribution in [2.75, 3.05) is 0 Å². The molecule has 153 valence electrons. The average Bonchev–Trinajstić information content (AvgIpc) is 2.35. The van der Waals surface area contributed by atoms with Crippen molar-refractivity contribution < 1.29 is 36.6 Å². The van der Waals surface area contributed by atoms with Crippen LogP contribution in [0.5, 0.6) is 0 Å². The zero-order chi connectivity index (χ0) is 19.2. The molecule has 0 bridgehead atoms. The Morgan fingerprint density at radius 3 is 1.08 bits per heavy atom. The average molecular weight is 403 g/mol. The monoisotopic (exact) mass is 403 g/mol. The summed E-state index contributed by atoms with van der Waals surface area (Å²) in [7, 11) is 0. The molecule has 0 saturated heterocycles. The molecular weight excluding hydrogens is 363 g/mol. The van der Waals surface area contributed by atoms with Crippen LogP contribution in [0.25, 0.3) is 0 Å². The summed E-state index contributed by atoms with van der Waals surface area (Å²) in [4.78, 5) is 20.3. The molecule has 0 rings (SSSR count). The van der Waals surface area contributed by atoms with Crippen molar-refractivity contribution in [1.29, 1.82) is 0 Å². The Morgan fingerprint density at radius 2 is 0.880 bits per heavy atom. The van der Waals surface area contributed by atoms with Crippen molar-refractivity contribution in [1.82, 2.24) is 0 Å². The molecule has 5 heteroatoms. The summed E-state index contributed by atoms with van der Waals surface area (Å²) in [6, 6.07) is 0. The van der Waals surface area contributed by atoms with Gasteiger partial charge in [-0.15, -0.1) is 0 Å². The predicted octanol–water partition coefficient (Wildman–Crippen LogP) is 6.13. The first-order valence-corrected chi connectivity index (χ1v) is 9.27. The fraction of sp³-hybridized carbons (Fsp3) is 0.900. The number of rotatable bonds is 10. The van der Waals surface area contributed by atoms with Crippen LogP contribution in [-0.2, 0) is 26.4 Å². The molecule has 0 aromatic heterocycles. The van der Waals surface area contributed by atoms with Gasteiger partial charge in [0.1, 0.15) is 0 Å². The van der Waals surface area contributed by atoms with Gasteiger partial charge in [-0.2, -0.15) is 0 Å². The Bertz CT molecular complexity index is 307. The van der Waals surface area contributed by atoms with Crippen LogP contribution >= 0.6 is 0 Å². The molecule has 0 aromatic rings. The predicted molar refractivity (Wildman–Crippen MR) is 100 cm³/mol. The van der Waals surface area contributed by atoms with Crippen molar-refractivity contribution in [3.63, 3.8) is 0 Å². The molecule has 0 atom stereocenters. The maximum atomic E-state index is 10.2. The Balaban J connectivity index is -0.000000372. The van der Waals surface area contributed by atoms with Gasteiger partial charge in [0.15, 0.2) is 0 Å². The van der Waals surface area contributed by atoms with Gasteiger partial charge in [-0.3, -0.25) is 9.59 Å². The fourth-order valence-corrected chi connectivity index (χ4v) is 2.22. The van der Waals surface area contributed by atoms with E-state index < -0.39 is 11.9 Å². The third-order valence-electron chi connectivity index (χ3n) is 3.63. The van der Waals surface area contributed by atoms with Gasteiger partial charge in [0.2, 0.25) is 0 Å². The minimum absolute atomic E-state index is 0. The van der Waals surface area contributed by atoms with Crippen LogP contribution in [0.2, 0.25) is 0 Å². The van der Waals surface area contributed by atoms with E-state index in [0.717, 1.165) is 38.5 Å². The molecule has 0 aliphatic carbocycles. The molecule has 0 spiro atoms. The fourth-order valence-electron chi connectivity index (χ4n) is 2.22. The Morgan fingerprint density at radius 1 is 0.600 bits per heavy atom. The number of carbonyl (C=O) groups is 2. The number of carboxylic acids is 2. The molecule has 0 unspecified atom stereocenters. The van der Waals surface area contributed by atoms with Crippen molar-refractivity contribution in [2.24, 2.45) is 10.8 Å². The van der Waals surface area contributed by atoms with Gasteiger partial charge in [0.05, 0.1) is 0 Å². The first-order valence-electron chi connectivity index (χ1n) is 9.27. The van der Waals surface area contributed by atoms with Gasteiger partial charge < -0.3 is 10.2 Å². The second kappa shape index (κ2) is 15.7. The molecule has 0 amide bonds. The first-order chi connectivity index (χ1) is 10.8. The number of carboxylic acid groups (broad SMARTS) is 2. The Kier molecular flexibility index (Phi) is 18.3. The van der Waals surface area contributed by atoms with Crippen LogP contribution in [0.4, 0.5) is 0 Å². The van der Waals surface area contributed by atoms with Gasteiger partial charge in [-0.05, 0) is 36.5 Å². The zero-order valence-electron chi connectivity index (χ0n) is 17.1. The molecule has 4 nitrogen and oxygen atoms in total. The Labute approximate surface area is 165 Å². The summed E-state index contributed by atoms with van der Waals surface area (Å²) < 4.78 is 0. The van der Waals surface area contributed by atoms with Crippen LogP contribution < -0.4 is 0 Å². The maximum absolute atomic E-state index is 10.2. The third-order valence-corrected chi connectivity index (χ3v) is 3.63. The molecule has 2 N–H and O–H groups in total. The summed E-state index contributed by atoms with van der Waals surface area (Å²) in [6.45, 7) is 13.3. The number of unbranched alkanes of at least 4 members (excludes halogenated alkanes) is 4. The quantitative estimate of drug-likeness (QED) is 0.430. The second-order valence-electron chi connectivity index (χ2n) is 9.03. The largest absolute Gasteiger partial charge is 0.481 e. The van der Waals surface area contributed by atoms with Crippen LogP contribution in [0.3, 0.4) is 0 Å². The van der Waals surface area contributed by atoms with E-state index in [1.54, 1.807) is 0 Å². The number of hydrogen-bond acceptors (Lipinski definition) is 2. The summed E-state index contributed by atoms with van der Waals surface area (Å²) in [5.74, 6) is -1.35. The standard InChI is InChI=1S/2C10H20O2.Co/c2*1-10(2,3)8-6-4-5-7-9(11)12;/h2*4-8H2,1-3H3,(H,11,12);. The van der Waals surface area contributed by atoms with Gasteiger partial charge in [-0.25, -0.2) is 0 Å². The summed E-state index contributed by atoms with van der Waals surface area (Å²) in [5.41, 5.74) is 0.784. The van der Waals surface area contributed by atoms with Crippen LogP contribution in [0.15, 0.2) is 0 Å². The molecular formula is C20H40CoO4. The SMILES string of the molecule is CC(C)(C)CCCCCC(=O)O.CC(C)(C)CCCCCC(=O)O.[Co]. The van der Waals surface area contributed by atoms with E-state index in [-0.39, 0.29) is 16.8 Å². The normalized spacial score (nSPS) is 11.1. The minimum Gasteiger partial charge on any atom is -0.481 e. The molecule has 0 aliphatic rings. The van der Waals surface area contributed by atoms with Gasteiger partial charge >= 0.3 is 11.9 Å². The van der Waals surface area contributed by atoms with Crippen LogP contribution in [-0.4, -0.2) is 22.2 Å². The van der Waals surface area contributed by atoms with E-state index in [9.17, 15) is 9.59 Å². The van der Waals surface area contributed by atoms with Gasteiger partial charge in [0.25, 0.3) is 0 Å². The molecule has 25 heavy (non-hydrogen) atoms. The number of aliphatic carboxylic acids is 2. The number of hydrogen-bond donors (Lipinski definition) is 2. The van der Waals surface area contributed by atoms with E-state index in [4.69, 9.17) is 10.2 Å². The maximum Gasteiger partial charge on any atom is 0.303 e. The second-order valence-corrected chi connectivity index (χ2v) is 9.03. The molecule has 0 aliphatic heterocycles. The molecule has 0 heterocycles. The molecule has 0 aromatic carbocycles. The van der Waals surface area contributed by atoms with Crippen molar-refractivity contribution in [2.45, 2.75) is 106 Å². The molecule has 0 fully saturated rings. The van der Waals surface area contributed by atoms with E-state index in [1.165, 1.54) is 12.8 Å². The first kappa shape index (κ1) is 29.2.